The lowest BCUT2D eigenvalue weighted by Crippen LogP contribution is -2.47. The monoisotopic (exact) mass is 272 g/mol. The van der Waals surface area contributed by atoms with Gasteiger partial charge in [0.05, 0.1) is 0 Å². The normalized spacial score (nSPS) is 17.6. The number of carbonyl (C=O) groups is 2. The molecule has 6 nitrogen and oxygen atoms in total. The van der Waals surface area contributed by atoms with E-state index in [9.17, 15) is 9.59 Å². The van der Waals surface area contributed by atoms with Crippen molar-refractivity contribution in [1.82, 2.24) is 10.6 Å². The molecule has 0 saturated heterocycles. The number of ether oxygens (including phenoxy) is 1. The Morgan fingerprint density at radius 2 is 2.11 bits per heavy atom. The van der Waals surface area contributed by atoms with Crippen molar-refractivity contribution in [2.75, 3.05) is 20.3 Å². The SMILES string of the molecule is CCCC1(CNC(=O)NC(CCOC)C(=O)O)CC1. The smallest absolute Gasteiger partial charge is 0.326 e. The summed E-state index contributed by atoms with van der Waals surface area (Å²) < 4.78 is 4.83. The van der Waals surface area contributed by atoms with Gasteiger partial charge in [-0.15, -0.1) is 0 Å². The highest BCUT2D eigenvalue weighted by Crippen LogP contribution is 2.48. The van der Waals surface area contributed by atoms with E-state index in [1.54, 1.807) is 0 Å². The number of urea groups is 1. The first-order valence-electron chi connectivity index (χ1n) is 6.79. The van der Waals surface area contributed by atoms with Gasteiger partial charge in [-0.2, -0.15) is 0 Å². The first-order valence-corrected chi connectivity index (χ1v) is 6.79. The van der Waals surface area contributed by atoms with Crippen molar-refractivity contribution >= 4 is 12.0 Å². The Labute approximate surface area is 113 Å². The van der Waals surface area contributed by atoms with E-state index < -0.39 is 18.0 Å². The lowest BCUT2D eigenvalue weighted by Gasteiger charge is -2.18. The molecule has 0 bridgehead atoms. The van der Waals surface area contributed by atoms with Gasteiger partial charge in [-0.25, -0.2) is 9.59 Å². The quantitative estimate of drug-likeness (QED) is 0.591. The molecule has 0 spiro atoms. The van der Waals surface area contributed by atoms with Gasteiger partial charge in [0, 0.05) is 26.7 Å². The van der Waals surface area contributed by atoms with E-state index in [1.807, 2.05) is 0 Å². The number of methoxy groups -OCH3 is 1. The van der Waals surface area contributed by atoms with Gasteiger partial charge in [-0.05, 0) is 24.7 Å². The van der Waals surface area contributed by atoms with Crippen LogP contribution in [0.2, 0.25) is 0 Å². The number of hydrogen-bond donors (Lipinski definition) is 3. The molecular formula is C13H24N2O4. The Bertz CT molecular complexity index is 316. The number of aliphatic carboxylic acids is 1. The fourth-order valence-corrected chi connectivity index (χ4v) is 2.19. The minimum Gasteiger partial charge on any atom is -0.480 e. The Morgan fingerprint density at radius 3 is 2.58 bits per heavy atom. The summed E-state index contributed by atoms with van der Waals surface area (Å²) in [5.74, 6) is -1.04. The van der Waals surface area contributed by atoms with E-state index in [-0.39, 0.29) is 11.8 Å². The summed E-state index contributed by atoms with van der Waals surface area (Å²) in [6, 6.07) is -1.31. The van der Waals surface area contributed by atoms with E-state index in [2.05, 4.69) is 17.6 Å². The van der Waals surface area contributed by atoms with Gasteiger partial charge in [-0.3, -0.25) is 0 Å². The van der Waals surface area contributed by atoms with Crippen molar-refractivity contribution in [2.24, 2.45) is 5.41 Å². The molecule has 1 saturated carbocycles. The van der Waals surface area contributed by atoms with E-state index in [4.69, 9.17) is 9.84 Å². The molecule has 6 heteroatoms. The van der Waals surface area contributed by atoms with Gasteiger partial charge in [0.1, 0.15) is 6.04 Å². The van der Waals surface area contributed by atoms with Crippen LogP contribution in [0, 0.1) is 5.41 Å². The Hall–Kier alpha value is -1.30. The number of carboxylic acids is 1. The lowest BCUT2D eigenvalue weighted by atomic mass is 10.0. The second-order valence-corrected chi connectivity index (χ2v) is 5.25. The van der Waals surface area contributed by atoms with Gasteiger partial charge >= 0.3 is 12.0 Å². The molecular weight excluding hydrogens is 248 g/mol. The second-order valence-electron chi connectivity index (χ2n) is 5.25. The molecule has 1 aliphatic rings. The van der Waals surface area contributed by atoms with Gasteiger partial charge in [0.2, 0.25) is 0 Å². The third-order valence-corrected chi connectivity index (χ3v) is 3.58. The third-order valence-electron chi connectivity index (χ3n) is 3.58. The van der Waals surface area contributed by atoms with Crippen molar-refractivity contribution in [1.29, 1.82) is 0 Å². The summed E-state index contributed by atoms with van der Waals surface area (Å²) in [4.78, 5) is 22.6. The largest absolute Gasteiger partial charge is 0.480 e. The molecule has 3 N–H and O–H groups in total. The average molecular weight is 272 g/mol. The zero-order valence-corrected chi connectivity index (χ0v) is 11.7. The molecule has 1 unspecified atom stereocenters. The predicted molar refractivity (Wildman–Crippen MR) is 71.0 cm³/mol. The van der Waals surface area contributed by atoms with E-state index in [0.717, 1.165) is 25.7 Å². The second kappa shape index (κ2) is 7.33. The summed E-state index contributed by atoms with van der Waals surface area (Å²) in [6.07, 6.45) is 4.77. The predicted octanol–water partition coefficient (Wildman–Crippen LogP) is 1.36. The molecule has 1 fully saturated rings. The number of rotatable bonds is 9. The maximum Gasteiger partial charge on any atom is 0.326 e. The fraction of sp³-hybridized carbons (Fsp3) is 0.846. The number of carbonyl (C=O) groups excluding carboxylic acids is 1. The first-order chi connectivity index (χ1) is 9.03. The highest BCUT2D eigenvalue weighted by atomic mass is 16.5. The van der Waals surface area contributed by atoms with Crippen LogP contribution in [-0.2, 0) is 9.53 Å². The van der Waals surface area contributed by atoms with Gasteiger partial charge in [0.15, 0.2) is 0 Å². The van der Waals surface area contributed by atoms with Crippen LogP contribution in [0.4, 0.5) is 4.79 Å². The Balaban J connectivity index is 2.30. The lowest BCUT2D eigenvalue weighted by molar-refractivity contribution is -0.139. The molecule has 110 valence electrons. The van der Waals surface area contributed by atoms with Crippen LogP contribution in [0.3, 0.4) is 0 Å². The van der Waals surface area contributed by atoms with Crippen molar-refractivity contribution < 1.29 is 19.4 Å². The molecule has 0 aromatic heterocycles. The number of hydrogen-bond acceptors (Lipinski definition) is 3. The van der Waals surface area contributed by atoms with Crippen LogP contribution in [0.1, 0.15) is 39.0 Å². The van der Waals surface area contributed by atoms with Crippen molar-refractivity contribution in [3.63, 3.8) is 0 Å². The highest BCUT2D eigenvalue weighted by molar-refractivity contribution is 5.82. The molecule has 19 heavy (non-hydrogen) atoms. The molecule has 1 atom stereocenters. The topological polar surface area (TPSA) is 87.7 Å². The fourth-order valence-electron chi connectivity index (χ4n) is 2.19. The van der Waals surface area contributed by atoms with Crippen molar-refractivity contribution in [2.45, 2.75) is 45.1 Å². The van der Waals surface area contributed by atoms with Crippen molar-refractivity contribution in [3.05, 3.63) is 0 Å². The van der Waals surface area contributed by atoms with Gasteiger partial charge in [0.25, 0.3) is 0 Å². The molecule has 0 aromatic rings. The molecule has 0 aromatic carbocycles. The first kappa shape index (κ1) is 15.8. The number of nitrogens with one attached hydrogen (secondary N) is 2. The summed E-state index contributed by atoms with van der Waals surface area (Å²) in [5, 5.41) is 14.2. The summed E-state index contributed by atoms with van der Waals surface area (Å²) in [5.41, 5.74) is 0.261. The van der Waals surface area contributed by atoms with E-state index >= 15 is 0 Å². The van der Waals surface area contributed by atoms with E-state index in [0.29, 0.717) is 13.2 Å². The molecule has 0 radical (unpaired) electrons. The minimum absolute atomic E-state index is 0.261. The maximum absolute atomic E-state index is 11.7. The molecule has 2 amide bonds. The van der Waals surface area contributed by atoms with Crippen LogP contribution in [0.5, 0.6) is 0 Å². The van der Waals surface area contributed by atoms with Crippen LogP contribution >= 0.6 is 0 Å². The average Bonchev–Trinajstić information content (AvgIpc) is 3.12. The zero-order valence-electron chi connectivity index (χ0n) is 11.7. The molecule has 0 heterocycles. The third kappa shape index (κ3) is 5.46. The standard InChI is InChI=1S/C13H24N2O4/c1-3-5-13(6-7-13)9-14-12(18)15-10(11(16)17)4-8-19-2/h10H,3-9H2,1-2H3,(H,16,17)(H2,14,15,18). The number of amides is 2. The van der Waals surface area contributed by atoms with Crippen molar-refractivity contribution in [3.8, 4) is 0 Å². The highest BCUT2D eigenvalue weighted by Gasteiger charge is 2.41. The zero-order chi connectivity index (χ0) is 14.3. The van der Waals surface area contributed by atoms with Gasteiger partial charge < -0.3 is 20.5 Å². The van der Waals surface area contributed by atoms with Crippen LogP contribution in [-0.4, -0.2) is 43.4 Å². The minimum atomic E-state index is -1.04. The van der Waals surface area contributed by atoms with Gasteiger partial charge in [-0.1, -0.05) is 13.3 Å². The number of carboxylic acid groups (broad SMARTS) is 1. The van der Waals surface area contributed by atoms with Crippen LogP contribution in [0.15, 0.2) is 0 Å². The summed E-state index contributed by atoms with van der Waals surface area (Å²) in [6.45, 7) is 3.06. The summed E-state index contributed by atoms with van der Waals surface area (Å²) >= 11 is 0. The van der Waals surface area contributed by atoms with E-state index in [1.165, 1.54) is 7.11 Å². The maximum atomic E-state index is 11.7. The van der Waals surface area contributed by atoms with Crippen LogP contribution in [0.25, 0.3) is 0 Å². The van der Waals surface area contributed by atoms with Crippen LogP contribution < -0.4 is 10.6 Å². The molecule has 1 rings (SSSR count). The molecule has 0 aliphatic heterocycles. The Kier molecular flexibility index (Phi) is 6.08. The Morgan fingerprint density at radius 1 is 1.42 bits per heavy atom. The molecule has 1 aliphatic carbocycles. The summed E-state index contributed by atoms with van der Waals surface area (Å²) in [7, 11) is 1.50.